The summed E-state index contributed by atoms with van der Waals surface area (Å²) in [5, 5.41) is 11.8. The first-order valence-corrected chi connectivity index (χ1v) is 9.84. The Morgan fingerprint density at radius 3 is 2.48 bits per heavy atom. The van der Waals surface area contributed by atoms with Crippen molar-refractivity contribution in [1.82, 2.24) is 0 Å². The molecule has 1 fully saturated rings. The SMILES string of the molecule is CCc1ccc(-c2ccc(Cl)cc2)cc1C1C(=O)[C@@H]2C=C[C@@](CC)(O2)C1O. The molecule has 2 aliphatic heterocycles. The van der Waals surface area contributed by atoms with E-state index in [0.29, 0.717) is 11.4 Å². The molecule has 0 spiro atoms. The van der Waals surface area contributed by atoms with Crippen molar-refractivity contribution in [3.05, 3.63) is 70.8 Å². The molecule has 1 N–H and O–H groups in total. The summed E-state index contributed by atoms with van der Waals surface area (Å²) in [4.78, 5) is 13.1. The summed E-state index contributed by atoms with van der Waals surface area (Å²) in [5.74, 6) is -0.649. The number of rotatable bonds is 4. The van der Waals surface area contributed by atoms with Crippen LogP contribution < -0.4 is 0 Å². The Morgan fingerprint density at radius 1 is 1.11 bits per heavy atom. The van der Waals surface area contributed by atoms with Crippen LogP contribution in [0.2, 0.25) is 5.02 Å². The van der Waals surface area contributed by atoms with Crippen LogP contribution in [0.3, 0.4) is 0 Å². The Balaban J connectivity index is 1.81. The third-order valence-corrected chi connectivity index (χ3v) is 6.15. The second-order valence-electron chi connectivity index (χ2n) is 7.30. The summed E-state index contributed by atoms with van der Waals surface area (Å²) in [6.07, 6.45) is 3.63. The number of ether oxygens (including phenoxy) is 1. The average Bonchev–Trinajstić information content (AvgIpc) is 3.10. The van der Waals surface area contributed by atoms with Crippen molar-refractivity contribution in [2.75, 3.05) is 0 Å². The predicted octanol–water partition coefficient (Wildman–Crippen LogP) is 4.70. The Labute approximate surface area is 164 Å². The smallest absolute Gasteiger partial charge is 0.175 e. The Bertz CT molecular complexity index is 902. The first-order chi connectivity index (χ1) is 13.0. The third-order valence-electron chi connectivity index (χ3n) is 5.89. The molecule has 4 rings (SSSR count). The van der Waals surface area contributed by atoms with Crippen molar-refractivity contribution >= 4 is 17.4 Å². The lowest BCUT2D eigenvalue weighted by molar-refractivity contribution is -0.168. The topological polar surface area (TPSA) is 46.5 Å². The molecule has 2 bridgehead atoms. The lowest BCUT2D eigenvalue weighted by Crippen LogP contribution is -2.54. The van der Waals surface area contributed by atoms with Crippen LogP contribution >= 0.6 is 11.6 Å². The van der Waals surface area contributed by atoms with E-state index in [-0.39, 0.29) is 5.78 Å². The van der Waals surface area contributed by atoms with Crippen LogP contribution in [0.15, 0.2) is 54.6 Å². The first kappa shape index (κ1) is 18.4. The van der Waals surface area contributed by atoms with Gasteiger partial charge >= 0.3 is 0 Å². The molecule has 3 nitrogen and oxygen atoms in total. The fourth-order valence-electron chi connectivity index (χ4n) is 4.26. The van der Waals surface area contributed by atoms with Crippen molar-refractivity contribution in [1.29, 1.82) is 0 Å². The van der Waals surface area contributed by atoms with Crippen molar-refractivity contribution in [2.24, 2.45) is 0 Å². The van der Waals surface area contributed by atoms with Crippen molar-refractivity contribution in [3.8, 4) is 11.1 Å². The number of aliphatic hydroxyl groups excluding tert-OH is 1. The zero-order valence-corrected chi connectivity index (χ0v) is 16.2. The maximum Gasteiger partial charge on any atom is 0.175 e. The Kier molecular flexibility index (Phi) is 4.71. The molecule has 2 aromatic carbocycles. The van der Waals surface area contributed by atoms with E-state index in [9.17, 15) is 9.90 Å². The van der Waals surface area contributed by atoms with E-state index >= 15 is 0 Å². The van der Waals surface area contributed by atoms with Crippen LogP contribution in [0, 0.1) is 0 Å². The normalized spacial score (nSPS) is 29.3. The van der Waals surface area contributed by atoms with E-state index < -0.39 is 23.7 Å². The van der Waals surface area contributed by atoms with Gasteiger partial charge in [0.15, 0.2) is 5.78 Å². The molecular weight excluding hydrogens is 360 g/mol. The zero-order chi connectivity index (χ0) is 19.2. The van der Waals surface area contributed by atoms with Gasteiger partial charge in [0, 0.05) is 5.02 Å². The number of ketones is 1. The van der Waals surface area contributed by atoms with Gasteiger partial charge in [-0.3, -0.25) is 4.79 Å². The minimum absolute atomic E-state index is 0.0664. The van der Waals surface area contributed by atoms with Crippen LogP contribution in [-0.2, 0) is 16.0 Å². The summed E-state index contributed by atoms with van der Waals surface area (Å²) >= 11 is 6.01. The van der Waals surface area contributed by atoms with Gasteiger partial charge < -0.3 is 9.84 Å². The molecule has 140 valence electrons. The molecule has 0 saturated carbocycles. The Hall–Kier alpha value is -1.94. The number of halogens is 1. The number of Topliss-reactive ketones (excluding diaryl/α,β-unsaturated/α-hetero) is 1. The van der Waals surface area contributed by atoms with Gasteiger partial charge in [-0.05, 0) is 53.3 Å². The predicted molar refractivity (Wildman–Crippen MR) is 107 cm³/mol. The summed E-state index contributed by atoms with van der Waals surface area (Å²) in [6, 6.07) is 13.8. The van der Waals surface area contributed by atoms with E-state index in [1.54, 1.807) is 6.08 Å². The molecule has 2 unspecified atom stereocenters. The average molecular weight is 383 g/mol. The van der Waals surface area contributed by atoms with Gasteiger partial charge in [0.25, 0.3) is 0 Å². The number of carbonyl (C=O) groups is 1. The molecule has 4 atom stereocenters. The largest absolute Gasteiger partial charge is 0.389 e. The monoisotopic (exact) mass is 382 g/mol. The molecule has 0 radical (unpaired) electrons. The molecule has 2 aromatic rings. The van der Waals surface area contributed by atoms with Crippen LogP contribution in [0.25, 0.3) is 11.1 Å². The molecule has 2 heterocycles. The highest BCUT2D eigenvalue weighted by Crippen LogP contribution is 2.45. The second-order valence-corrected chi connectivity index (χ2v) is 7.74. The second kappa shape index (κ2) is 6.90. The standard InChI is InChI=1S/C23H23ClO3/c1-3-14-5-6-16(15-7-9-17(24)10-8-15)13-18(14)20-21(25)19-11-12-23(4-2,27-19)22(20)26/h5-13,19-20,22,26H,3-4H2,1-2H3/t19-,20?,22?,23+/m0/s1. The third kappa shape index (κ3) is 2.94. The van der Waals surface area contributed by atoms with E-state index in [2.05, 4.69) is 19.1 Å². The summed E-state index contributed by atoms with van der Waals surface area (Å²) in [5.41, 5.74) is 3.25. The fraction of sp³-hybridized carbons (Fsp3) is 0.348. The lowest BCUT2D eigenvalue weighted by atomic mass is 9.75. The number of aryl methyl sites for hydroxylation is 1. The number of fused-ring (bicyclic) bond motifs is 2. The van der Waals surface area contributed by atoms with Crippen LogP contribution in [-0.4, -0.2) is 28.7 Å². The number of carbonyl (C=O) groups excluding carboxylic acids is 1. The van der Waals surface area contributed by atoms with Crippen LogP contribution in [0.4, 0.5) is 0 Å². The van der Waals surface area contributed by atoms with Gasteiger partial charge in [0.2, 0.25) is 0 Å². The highest BCUT2D eigenvalue weighted by Gasteiger charge is 2.54. The van der Waals surface area contributed by atoms with Gasteiger partial charge in [0.05, 0.1) is 5.92 Å². The van der Waals surface area contributed by atoms with E-state index in [0.717, 1.165) is 28.7 Å². The van der Waals surface area contributed by atoms with Crippen molar-refractivity contribution in [3.63, 3.8) is 0 Å². The van der Waals surface area contributed by atoms with Crippen molar-refractivity contribution in [2.45, 2.75) is 50.4 Å². The lowest BCUT2D eigenvalue weighted by Gasteiger charge is -2.42. The summed E-state index contributed by atoms with van der Waals surface area (Å²) in [7, 11) is 0. The van der Waals surface area contributed by atoms with Crippen LogP contribution in [0.1, 0.15) is 37.3 Å². The highest BCUT2D eigenvalue weighted by molar-refractivity contribution is 6.30. The van der Waals surface area contributed by atoms with E-state index in [1.165, 1.54) is 0 Å². The minimum atomic E-state index is -0.893. The fourth-order valence-corrected chi connectivity index (χ4v) is 4.39. The van der Waals surface area contributed by atoms with Crippen LogP contribution in [0.5, 0.6) is 0 Å². The zero-order valence-electron chi connectivity index (χ0n) is 15.5. The molecule has 0 aliphatic carbocycles. The van der Waals surface area contributed by atoms with Gasteiger partial charge in [-0.15, -0.1) is 0 Å². The van der Waals surface area contributed by atoms with Crippen molar-refractivity contribution < 1.29 is 14.6 Å². The first-order valence-electron chi connectivity index (χ1n) is 9.47. The van der Waals surface area contributed by atoms with E-state index in [1.807, 2.05) is 43.3 Å². The maximum atomic E-state index is 13.1. The molecule has 27 heavy (non-hydrogen) atoms. The van der Waals surface area contributed by atoms with E-state index in [4.69, 9.17) is 16.3 Å². The number of benzene rings is 2. The summed E-state index contributed by atoms with van der Waals surface area (Å²) < 4.78 is 5.89. The molecule has 2 aliphatic rings. The van der Waals surface area contributed by atoms with Gasteiger partial charge in [-0.2, -0.15) is 0 Å². The van der Waals surface area contributed by atoms with Gasteiger partial charge in [0.1, 0.15) is 17.8 Å². The number of hydrogen-bond acceptors (Lipinski definition) is 3. The molecule has 1 saturated heterocycles. The number of hydrogen-bond donors (Lipinski definition) is 1. The maximum absolute atomic E-state index is 13.1. The quantitative estimate of drug-likeness (QED) is 0.779. The molecular formula is C23H23ClO3. The van der Waals surface area contributed by atoms with Gasteiger partial charge in [-0.1, -0.05) is 61.9 Å². The van der Waals surface area contributed by atoms with Gasteiger partial charge in [-0.25, -0.2) is 0 Å². The molecule has 0 aromatic heterocycles. The minimum Gasteiger partial charge on any atom is -0.389 e. The Morgan fingerprint density at radius 2 is 1.81 bits per heavy atom. The number of aliphatic hydroxyl groups is 1. The summed E-state index contributed by atoms with van der Waals surface area (Å²) in [6.45, 7) is 4.05. The highest BCUT2D eigenvalue weighted by atomic mass is 35.5. The molecule has 4 heteroatoms. The molecule has 0 amide bonds.